The van der Waals surface area contributed by atoms with Crippen molar-refractivity contribution in [3.8, 4) is 0 Å². The molecule has 0 radical (unpaired) electrons. The fraction of sp³-hybridized carbons (Fsp3) is 0.500. The molecule has 2 unspecified atom stereocenters. The van der Waals surface area contributed by atoms with Gasteiger partial charge in [-0.2, -0.15) is 0 Å². The highest BCUT2D eigenvalue weighted by atomic mass is 16.4. The van der Waals surface area contributed by atoms with Crippen LogP contribution in [0, 0.1) is 0 Å². The van der Waals surface area contributed by atoms with Crippen molar-refractivity contribution in [2.45, 2.75) is 38.5 Å². The molecule has 21 heavy (non-hydrogen) atoms. The molecule has 0 spiro atoms. The second-order valence-corrected chi connectivity index (χ2v) is 5.02. The van der Waals surface area contributed by atoms with Gasteiger partial charge in [0.25, 0.3) is 0 Å². The van der Waals surface area contributed by atoms with E-state index in [0.717, 1.165) is 22.6 Å². The third-order valence-corrected chi connectivity index (χ3v) is 3.60. The van der Waals surface area contributed by atoms with Crippen molar-refractivity contribution in [1.82, 2.24) is 15.2 Å². The van der Waals surface area contributed by atoms with Crippen LogP contribution in [-0.2, 0) is 17.8 Å². The van der Waals surface area contributed by atoms with Crippen LogP contribution in [-0.4, -0.2) is 50.8 Å². The Morgan fingerprint density at radius 1 is 1.52 bits per heavy atom. The van der Waals surface area contributed by atoms with Crippen LogP contribution in [0.2, 0.25) is 0 Å². The Labute approximate surface area is 122 Å². The Bertz CT molecular complexity index is 535. The van der Waals surface area contributed by atoms with Crippen LogP contribution in [0.15, 0.2) is 18.3 Å². The number of aromatic nitrogens is 1. The highest BCUT2D eigenvalue weighted by molar-refractivity contribution is 5.83. The van der Waals surface area contributed by atoms with Crippen LogP contribution in [0.5, 0.6) is 0 Å². The summed E-state index contributed by atoms with van der Waals surface area (Å²) in [5.74, 6) is -1.10. The molecule has 1 fully saturated rings. The maximum Gasteiger partial charge on any atom is 0.326 e. The van der Waals surface area contributed by atoms with Crippen LogP contribution in [0.1, 0.15) is 24.6 Å². The summed E-state index contributed by atoms with van der Waals surface area (Å²) in [4.78, 5) is 28.6. The standard InChI is InChI=1S/C14H19N3O4/c1-2-9-4-3-5-15-11(9)7-16-14(21)17-8-10(18)6-12(17)13(19)20/h3-5,10,12,18H,2,6-8H2,1H3,(H,16,21)(H,19,20). The van der Waals surface area contributed by atoms with E-state index in [1.165, 1.54) is 0 Å². The fourth-order valence-corrected chi connectivity index (χ4v) is 2.49. The number of β-amino-alcohol motifs (C(OH)–C–C–N with tert-alkyl or cyclic N) is 1. The van der Waals surface area contributed by atoms with Gasteiger partial charge < -0.3 is 20.4 Å². The Morgan fingerprint density at radius 2 is 2.29 bits per heavy atom. The lowest BCUT2D eigenvalue weighted by atomic mass is 10.1. The molecule has 3 N–H and O–H groups in total. The number of pyridine rings is 1. The van der Waals surface area contributed by atoms with E-state index in [9.17, 15) is 14.7 Å². The number of rotatable bonds is 4. The van der Waals surface area contributed by atoms with Gasteiger partial charge in [0.15, 0.2) is 0 Å². The number of hydrogen-bond donors (Lipinski definition) is 3. The van der Waals surface area contributed by atoms with Crippen LogP contribution in [0.25, 0.3) is 0 Å². The van der Waals surface area contributed by atoms with Gasteiger partial charge in [0.2, 0.25) is 0 Å². The largest absolute Gasteiger partial charge is 0.480 e. The molecule has 0 aromatic carbocycles. The minimum absolute atomic E-state index is 0.0334. The molecule has 1 aliphatic heterocycles. The number of carbonyl (C=O) groups excluding carboxylic acids is 1. The highest BCUT2D eigenvalue weighted by Crippen LogP contribution is 2.18. The Morgan fingerprint density at radius 3 is 2.95 bits per heavy atom. The quantitative estimate of drug-likeness (QED) is 0.744. The summed E-state index contributed by atoms with van der Waals surface area (Å²) >= 11 is 0. The van der Waals surface area contributed by atoms with E-state index in [1.807, 2.05) is 19.1 Å². The first kappa shape index (κ1) is 15.2. The number of aliphatic carboxylic acids is 1. The Kier molecular flexibility index (Phi) is 4.74. The van der Waals surface area contributed by atoms with Crippen molar-refractivity contribution in [2.24, 2.45) is 0 Å². The van der Waals surface area contributed by atoms with E-state index in [0.29, 0.717) is 0 Å². The summed E-state index contributed by atoms with van der Waals surface area (Å²) in [6.07, 6.45) is 1.73. The molecule has 2 heterocycles. The van der Waals surface area contributed by atoms with Crippen molar-refractivity contribution in [1.29, 1.82) is 0 Å². The third-order valence-electron chi connectivity index (χ3n) is 3.60. The molecule has 1 aromatic rings. The number of amides is 2. The van der Waals surface area contributed by atoms with Crippen molar-refractivity contribution in [2.75, 3.05) is 6.54 Å². The van der Waals surface area contributed by atoms with Crippen molar-refractivity contribution in [3.05, 3.63) is 29.6 Å². The second kappa shape index (κ2) is 6.53. The molecule has 0 bridgehead atoms. The maximum absolute atomic E-state index is 12.1. The molecule has 0 aliphatic carbocycles. The zero-order chi connectivity index (χ0) is 15.4. The lowest BCUT2D eigenvalue weighted by Gasteiger charge is -2.21. The number of likely N-dealkylation sites (tertiary alicyclic amines) is 1. The normalized spacial score (nSPS) is 21.3. The van der Waals surface area contributed by atoms with E-state index in [1.54, 1.807) is 6.20 Å². The predicted molar refractivity (Wildman–Crippen MR) is 74.6 cm³/mol. The second-order valence-electron chi connectivity index (χ2n) is 5.02. The first-order valence-corrected chi connectivity index (χ1v) is 6.91. The summed E-state index contributed by atoms with van der Waals surface area (Å²) in [7, 11) is 0. The van der Waals surface area contributed by atoms with Crippen LogP contribution >= 0.6 is 0 Å². The van der Waals surface area contributed by atoms with Gasteiger partial charge in [-0.3, -0.25) is 4.98 Å². The molecule has 0 saturated carbocycles. The SMILES string of the molecule is CCc1cccnc1CNC(=O)N1CC(O)CC1C(=O)O. The average Bonchev–Trinajstić information content (AvgIpc) is 2.87. The van der Waals surface area contributed by atoms with Gasteiger partial charge in [0, 0.05) is 19.2 Å². The van der Waals surface area contributed by atoms with E-state index in [4.69, 9.17) is 5.11 Å². The van der Waals surface area contributed by atoms with E-state index in [-0.39, 0.29) is 19.5 Å². The molecule has 2 amide bonds. The van der Waals surface area contributed by atoms with Gasteiger partial charge in [-0.05, 0) is 18.1 Å². The summed E-state index contributed by atoms with van der Waals surface area (Å²) in [5.41, 5.74) is 1.80. The number of carbonyl (C=O) groups is 2. The number of aliphatic hydroxyl groups is 1. The minimum atomic E-state index is -1.10. The predicted octanol–water partition coefficient (Wildman–Crippen LogP) is 0.373. The summed E-state index contributed by atoms with van der Waals surface area (Å²) in [5, 5.41) is 21.3. The lowest BCUT2D eigenvalue weighted by Crippen LogP contribution is -2.46. The van der Waals surface area contributed by atoms with Crippen molar-refractivity contribution < 1.29 is 19.8 Å². The molecule has 1 aliphatic rings. The van der Waals surface area contributed by atoms with E-state index in [2.05, 4.69) is 10.3 Å². The number of aryl methyl sites for hydroxylation is 1. The molecular formula is C14H19N3O4. The van der Waals surface area contributed by atoms with Crippen molar-refractivity contribution >= 4 is 12.0 Å². The van der Waals surface area contributed by atoms with Gasteiger partial charge in [0.05, 0.1) is 18.3 Å². The van der Waals surface area contributed by atoms with Crippen molar-refractivity contribution in [3.63, 3.8) is 0 Å². The molecule has 2 atom stereocenters. The Hall–Kier alpha value is -2.15. The third kappa shape index (κ3) is 3.49. The first-order valence-electron chi connectivity index (χ1n) is 6.91. The number of nitrogens with zero attached hydrogens (tertiary/aromatic N) is 2. The van der Waals surface area contributed by atoms with Crippen LogP contribution in [0.3, 0.4) is 0 Å². The fourth-order valence-electron chi connectivity index (χ4n) is 2.49. The van der Waals surface area contributed by atoms with Gasteiger partial charge in [-0.15, -0.1) is 0 Å². The number of aliphatic hydroxyl groups excluding tert-OH is 1. The van der Waals surface area contributed by atoms with Crippen LogP contribution in [0.4, 0.5) is 4.79 Å². The van der Waals surface area contributed by atoms with Gasteiger partial charge in [0.1, 0.15) is 6.04 Å². The van der Waals surface area contributed by atoms with E-state index >= 15 is 0 Å². The number of carboxylic acid groups (broad SMARTS) is 1. The summed E-state index contributed by atoms with van der Waals surface area (Å²) in [6.45, 7) is 2.27. The molecular weight excluding hydrogens is 274 g/mol. The average molecular weight is 293 g/mol. The smallest absolute Gasteiger partial charge is 0.326 e. The molecule has 1 aromatic heterocycles. The van der Waals surface area contributed by atoms with E-state index < -0.39 is 24.1 Å². The first-order chi connectivity index (χ1) is 10.0. The molecule has 114 valence electrons. The lowest BCUT2D eigenvalue weighted by molar-refractivity contribution is -0.141. The minimum Gasteiger partial charge on any atom is -0.480 e. The maximum atomic E-state index is 12.1. The number of nitrogens with one attached hydrogen (secondary N) is 1. The van der Waals surface area contributed by atoms with Gasteiger partial charge >= 0.3 is 12.0 Å². The van der Waals surface area contributed by atoms with Crippen LogP contribution < -0.4 is 5.32 Å². The molecule has 1 saturated heterocycles. The highest BCUT2D eigenvalue weighted by Gasteiger charge is 2.38. The topological polar surface area (TPSA) is 103 Å². The number of carboxylic acids is 1. The molecule has 7 nitrogen and oxygen atoms in total. The van der Waals surface area contributed by atoms with Gasteiger partial charge in [-0.1, -0.05) is 13.0 Å². The zero-order valence-corrected chi connectivity index (χ0v) is 11.8. The summed E-state index contributed by atoms with van der Waals surface area (Å²) in [6, 6.07) is 2.30. The molecule has 2 rings (SSSR count). The summed E-state index contributed by atoms with van der Waals surface area (Å²) < 4.78 is 0. The van der Waals surface area contributed by atoms with Gasteiger partial charge in [-0.25, -0.2) is 9.59 Å². The monoisotopic (exact) mass is 293 g/mol. The number of hydrogen-bond acceptors (Lipinski definition) is 4. The number of urea groups is 1. The Balaban J connectivity index is 2.00. The molecule has 7 heteroatoms. The zero-order valence-electron chi connectivity index (χ0n) is 11.8.